The first-order valence-corrected chi connectivity index (χ1v) is 7.70. The van der Waals surface area contributed by atoms with Crippen LogP contribution in [0.3, 0.4) is 0 Å². The van der Waals surface area contributed by atoms with E-state index in [0.29, 0.717) is 0 Å². The Kier molecular flexibility index (Phi) is 4.49. The molecule has 116 valence electrons. The lowest BCUT2D eigenvalue weighted by atomic mass is 10.1. The maximum atomic E-state index is 5.75. The van der Waals surface area contributed by atoms with Crippen LogP contribution < -0.4 is 15.4 Å². The Bertz CT molecular complexity index is 604. The topological polar surface area (TPSA) is 41.7 Å². The Labute approximate surface area is 132 Å². The van der Waals surface area contributed by atoms with Gasteiger partial charge < -0.3 is 15.4 Å². The third-order valence-corrected chi connectivity index (χ3v) is 4.17. The summed E-state index contributed by atoms with van der Waals surface area (Å²) in [5.74, 6) is 0.929. The highest BCUT2D eigenvalue weighted by Crippen LogP contribution is 2.20. The molecule has 0 atom stereocenters. The van der Waals surface area contributed by atoms with E-state index in [2.05, 4.69) is 40.1 Å². The largest absolute Gasteiger partial charge is 0.497 e. The van der Waals surface area contributed by atoms with Crippen molar-refractivity contribution in [1.82, 2.24) is 4.90 Å². The standard InChI is InChI=1S/C18H23N3O/c1-22-18-4-2-3-15(13-18)14-20-9-11-21(12-10-20)17-7-5-16(19)6-8-17/h2-8,13H,9-12,14,19H2,1H3. The zero-order chi connectivity index (χ0) is 15.4. The summed E-state index contributed by atoms with van der Waals surface area (Å²) in [5.41, 5.74) is 9.14. The summed E-state index contributed by atoms with van der Waals surface area (Å²) in [7, 11) is 1.71. The van der Waals surface area contributed by atoms with Crippen LogP contribution in [0.4, 0.5) is 11.4 Å². The zero-order valence-electron chi connectivity index (χ0n) is 13.0. The predicted molar refractivity (Wildman–Crippen MR) is 91.3 cm³/mol. The van der Waals surface area contributed by atoms with E-state index in [0.717, 1.165) is 44.2 Å². The van der Waals surface area contributed by atoms with Crippen molar-refractivity contribution in [3.05, 3.63) is 54.1 Å². The second-order valence-electron chi connectivity index (χ2n) is 5.71. The van der Waals surface area contributed by atoms with Gasteiger partial charge in [-0.15, -0.1) is 0 Å². The number of anilines is 2. The molecule has 1 fully saturated rings. The average molecular weight is 297 g/mol. The van der Waals surface area contributed by atoms with Crippen LogP contribution in [0.15, 0.2) is 48.5 Å². The second kappa shape index (κ2) is 6.71. The first kappa shape index (κ1) is 14.7. The van der Waals surface area contributed by atoms with Crippen molar-refractivity contribution in [1.29, 1.82) is 0 Å². The maximum Gasteiger partial charge on any atom is 0.119 e. The van der Waals surface area contributed by atoms with Gasteiger partial charge in [0.15, 0.2) is 0 Å². The summed E-state index contributed by atoms with van der Waals surface area (Å²) < 4.78 is 5.29. The minimum absolute atomic E-state index is 0.820. The number of piperazine rings is 1. The fourth-order valence-electron chi connectivity index (χ4n) is 2.88. The summed E-state index contributed by atoms with van der Waals surface area (Å²) in [6.07, 6.45) is 0. The molecule has 0 bridgehead atoms. The molecule has 0 aliphatic carbocycles. The van der Waals surface area contributed by atoms with Gasteiger partial charge in [0.1, 0.15) is 5.75 Å². The quantitative estimate of drug-likeness (QED) is 0.881. The molecule has 2 N–H and O–H groups in total. The maximum absolute atomic E-state index is 5.75. The lowest BCUT2D eigenvalue weighted by Gasteiger charge is -2.36. The number of nitrogen functional groups attached to an aromatic ring is 1. The molecule has 3 rings (SSSR count). The Balaban J connectivity index is 1.56. The first-order valence-electron chi connectivity index (χ1n) is 7.70. The molecule has 0 amide bonds. The fraction of sp³-hybridized carbons (Fsp3) is 0.333. The van der Waals surface area contributed by atoms with E-state index < -0.39 is 0 Å². The van der Waals surface area contributed by atoms with Gasteiger partial charge in [0.2, 0.25) is 0 Å². The van der Waals surface area contributed by atoms with Crippen LogP contribution in [0.2, 0.25) is 0 Å². The van der Waals surface area contributed by atoms with Gasteiger partial charge >= 0.3 is 0 Å². The molecule has 2 aromatic rings. The van der Waals surface area contributed by atoms with E-state index in [1.165, 1.54) is 11.3 Å². The van der Waals surface area contributed by atoms with E-state index in [1.807, 2.05) is 18.2 Å². The minimum Gasteiger partial charge on any atom is -0.497 e. The van der Waals surface area contributed by atoms with E-state index in [1.54, 1.807) is 7.11 Å². The summed E-state index contributed by atoms with van der Waals surface area (Å²) in [5, 5.41) is 0. The van der Waals surface area contributed by atoms with Crippen molar-refractivity contribution in [2.75, 3.05) is 43.9 Å². The Morgan fingerprint density at radius 1 is 1.00 bits per heavy atom. The van der Waals surface area contributed by atoms with Crippen molar-refractivity contribution >= 4 is 11.4 Å². The molecule has 1 aliphatic heterocycles. The molecule has 0 spiro atoms. The highest BCUT2D eigenvalue weighted by Gasteiger charge is 2.17. The number of hydrogen-bond donors (Lipinski definition) is 1. The van der Waals surface area contributed by atoms with Gasteiger partial charge in [-0.25, -0.2) is 0 Å². The normalized spacial score (nSPS) is 15.8. The molecule has 4 heteroatoms. The molecule has 0 aromatic heterocycles. The summed E-state index contributed by atoms with van der Waals surface area (Å²) >= 11 is 0. The first-order chi connectivity index (χ1) is 10.7. The predicted octanol–water partition coefficient (Wildman–Crippen LogP) is 2.60. The van der Waals surface area contributed by atoms with Crippen molar-refractivity contribution in [2.45, 2.75) is 6.54 Å². The molecule has 1 aliphatic rings. The number of ether oxygens (including phenoxy) is 1. The smallest absolute Gasteiger partial charge is 0.119 e. The number of methoxy groups -OCH3 is 1. The second-order valence-corrected chi connectivity index (χ2v) is 5.71. The Morgan fingerprint density at radius 2 is 1.73 bits per heavy atom. The third-order valence-electron chi connectivity index (χ3n) is 4.17. The van der Waals surface area contributed by atoms with Gasteiger partial charge in [-0.05, 0) is 42.0 Å². The van der Waals surface area contributed by atoms with Gasteiger partial charge in [-0.2, -0.15) is 0 Å². The summed E-state index contributed by atoms with van der Waals surface area (Å²) in [6, 6.07) is 16.5. The van der Waals surface area contributed by atoms with E-state index >= 15 is 0 Å². The van der Waals surface area contributed by atoms with Gasteiger partial charge in [0, 0.05) is 44.1 Å². The average Bonchev–Trinajstić information content (AvgIpc) is 2.57. The Hall–Kier alpha value is -2.20. The molecule has 2 aromatic carbocycles. The van der Waals surface area contributed by atoms with Gasteiger partial charge in [-0.3, -0.25) is 4.90 Å². The van der Waals surface area contributed by atoms with Gasteiger partial charge in [0.25, 0.3) is 0 Å². The molecule has 4 nitrogen and oxygen atoms in total. The van der Waals surface area contributed by atoms with Crippen LogP contribution >= 0.6 is 0 Å². The van der Waals surface area contributed by atoms with Crippen LogP contribution in [0.5, 0.6) is 5.75 Å². The lowest BCUT2D eigenvalue weighted by molar-refractivity contribution is 0.249. The number of nitrogens with two attached hydrogens (primary N) is 1. The Morgan fingerprint density at radius 3 is 2.41 bits per heavy atom. The van der Waals surface area contributed by atoms with Crippen LogP contribution in [0, 0.1) is 0 Å². The lowest BCUT2D eigenvalue weighted by Crippen LogP contribution is -2.45. The number of nitrogens with zero attached hydrogens (tertiary/aromatic N) is 2. The minimum atomic E-state index is 0.820. The molecular weight excluding hydrogens is 274 g/mol. The molecule has 22 heavy (non-hydrogen) atoms. The highest BCUT2D eigenvalue weighted by molar-refractivity contribution is 5.53. The number of hydrogen-bond acceptors (Lipinski definition) is 4. The van der Waals surface area contributed by atoms with Crippen LogP contribution in [-0.2, 0) is 6.54 Å². The van der Waals surface area contributed by atoms with E-state index in [4.69, 9.17) is 10.5 Å². The highest BCUT2D eigenvalue weighted by atomic mass is 16.5. The molecule has 1 saturated heterocycles. The third kappa shape index (κ3) is 3.52. The molecule has 0 radical (unpaired) electrons. The van der Waals surface area contributed by atoms with E-state index in [-0.39, 0.29) is 0 Å². The van der Waals surface area contributed by atoms with Gasteiger partial charge in [0.05, 0.1) is 7.11 Å². The monoisotopic (exact) mass is 297 g/mol. The molecular formula is C18H23N3O. The van der Waals surface area contributed by atoms with Crippen molar-refractivity contribution < 1.29 is 4.74 Å². The van der Waals surface area contributed by atoms with Crippen LogP contribution in [0.1, 0.15) is 5.56 Å². The number of rotatable bonds is 4. The molecule has 0 unspecified atom stereocenters. The fourth-order valence-corrected chi connectivity index (χ4v) is 2.88. The molecule has 0 saturated carbocycles. The van der Waals surface area contributed by atoms with Crippen molar-refractivity contribution in [3.8, 4) is 5.75 Å². The summed E-state index contributed by atoms with van der Waals surface area (Å²) in [6.45, 7) is 5.22. The molecule has 1 heterocycles. The van der Waals surface area contributed by atoms with Crippen molar-refractivity contribution in [2.24, 2.45) is 0 Å². The van der Waals surface area contributed by atoms with E-state index in [9.17, 15) is 0 Å². The zero-order valence-corrected chi connectivity index (χ0v) is 13.0. The van der Waals surface area contributed by atoms with Crippen molar-refractivity contribution in [3.63, 3.8) is 0 Å². The summed E-state index contributed by atoms with van der Waals surface area (Å²) in [4.78, 5) is 4.91. The van der Waals surface area contributed by atoms with Gasteiger partial charge in [-0.1, -0.05) is 12.1 Å². The van der Waals surface area contributed by atoms with Crippen LogP contribution in [0.25, 0.3) is 0 Å². The SMILES string of the molecule is COc1cccc(CN2CCN(c3ccc(N)cc3)CC2)c1. The van der Waals surface area contributed by atoms with Crippen LogP contribution in [-0.4, -0.2) is 38.2 Å². The number of benzene rings is 2.